The maximum atomic E-state index is 11.9. The minimum absolute atomic E-state index is 0.209. The average Bonchev–Trinajstić information content (AvgIpc) is 2.53. The van der Waals surface area contributed by atoms with E-state index in [1.54, 1.807) is 13.3 Å². The van der Waals surface area contributed by atoms with E-state index in [9.17, 15) is 4.79 Å². The lowest BCUT2D eigenvalue weighted by molar-refractivity contribution is 0.0971. The van der Waals surface area contributed by atoms with Crippen LogP contribution in [-0.2, 0) is 13.0 Å². The minimum Gasteiger partial charge on any atom is -0.488 e. The van der Waals surface area contributed by atoms with Crippen molar-refractivity contribution in [2.24, 2.45) is 0 Å². The van der Waals surface area contributed by atoms with E-state index in [4.69, 9.17) is 9.47 Å². The Kier molecular flexibility index (Phi) is 3.86. The number of aromatic nitrogens is 1. The molecule has 0 bridgehead atoms. The summed E-state index contributed by atoms with van der Waals surface area (Å²) >= 11 is 0. The number of carbonyl (C=O) groups excluding carboxylic acids is 1. The van der Waals surface area contributed by atoms with Crippen LogP contribution in [0.4, 0.5) is 0 Å². The first-order valence-corrected chi connectivity index (χ1v) is 7.05. The van der Waals surface area contributed by atoms with Gasteiger partial charge in [0.2, 0.25) is 5.88 Å². The molecule has 0 saturated carbocycles. The third kappa shape index (κ3) is 2.75. The standard InChI is InChI=1S/C17H17NO3/c1-20-17-12(5-4-10-18-17)11-21-16-9-3-6-13-14(16)7-2-8-15(13)19/h3-6,9-10H,2,7-8,11H2,1H3. The van der Waals surface area contributed by atoms with Gasteiger partial charge in [0.1, 0.15) is 12.4 Å². The molecule has 1 aromatic carbocycles. The predicted molar refractivity (Wildman–Crippen MR) is 78.8 cm³/mol. The zero-order valence-corrected chi connectivity index (χ0v) is 12.0. The maximum Gasteiger partial charge on any atom is 0.219 e. The summed E-state index contributed by atoms with van der Waals surface area (Å²) in [6.07, 6.45) is 4.10. The lowest BCUT2D eigenvalue weighted by atomic mass is 9.90. The number of ether oxygens (including phenoxy) is 2. The summed E-state index contributed by atoms with van der Waals surface area (Å²) in [7, 11) is 1.59. The summed E-state index contributed by atoms with van der Waals surface area (Å²) in [4.78, 5) is 16.1. The quantitative estimate of drug-likeness (QED) is 0.864. The number of hydrogen-bond donors (Lipinski definition) is 0. The highest BCUT2D eigenvalue weighted by Gasteiger charge is 2.20. The van der Waals surface area contributed by atoms with Crippen LogP contribution in [0.5, 0.6) is 11.6 Å². The molecule has 0 amide bonds. The Morgan fingerprint density at radius 1 is 1.19 bits per heavy atom. The first-order valence-electron chi connectivity index (χ1n) is 7.05. The van der Waals surface area contributed by atoms with Crippen LogP contribution >= 0.6 is 0 Å². The topological polar surface area (TPSA) is 48.4 Å². The van der Waals surface area contributed by atoms with Crippen LogP contribution in [0.25, 0.3) is 0 Å². The molecule has 0 fully saturated rings. The van der Waals surface area contributed by atoms with Gasteiger partial charge in [-0.2, -0.15) is 0 Å². The highest BCUT2D eigenvalue weighted by Crippen LogP contribution is 2.30. The Bertz CT molecular complexity index is 667. The van der Waals surface area contributed by atoms with Crippen LogP contribution in [-0.4, -0.2) is 17.9 Å². The molecule has 1 aliphatic carbocycles. The van der Waals surface area contributed by atoms with E-state index in [1.165, 1.54) is 0 Å². The lowest BCUT2D eigenvalue weighted by Crippen LogP contribution is -2.12. The van der Waals surface area contributed by atoms with Crippen LogP contribution in [0.1, 0.15) is 34.3 Å². The molecule has 0 spiro atoms. The summed E-state index contributed by atoms with van der Waals surface area (Å²) in [5, 5.41) is 0. The van der Waals surface area contributed by atoms with Crippen molar-refractivity contribution >= 4 is 5.78 Å². The van der Waals surface area contributed by atoms with Gasteiger partial charge in [-0.1, -0.05) is 12.1 Å². The van der Waals surface area contributed by atoms with E-state index in [-0.39, 0.29) is 5.78 Å². The molecule has 4 nitrogen and oxygen atoms in total. The van der Waals surface area contributed by atoms with Gasteiger partial charge in [-0.05, 0) is 31.0 Å². The van der Waals surface area contributed by atoms with Gasteiger partial charge in [0.15, 0.2) is 5.78 Å². The van der Waals surface area contributed by atoms with E-state index in [0.29, 0.717) is 18.9 Å². The molecule has 0 atom stereocenters. The number of rotatable bonds is 4. The second kappa shape index (κ2) is 5.95. The Morgan fingerprint density at radius 3 is 2.95 bits per heavy atom. The number of nitrogens with zero attached hydrogens (tertiary/aromatic N) is 1. The van der Waals surface area contributed by atoms with Crippen molar-refractivity contribution in [3.05, 3.63) is 53.2 Å². The summed E-state index contributed by atoms with van der Waals surface area (Å²) in [6, 6.07) is 9.45. The van der Waals surface area contributed by atoms with Gasteiger partial charge in [-0.15, -0.1) is 0 Å². The molecule has 0 saturated heterocycles. The molecule has 0 aliphatic heterocycles. The highest BCUT2D eigenvalue weighted by atomic mass is 16.5. The Hall–Kier alpha value is -2.36. The van der Waals surface area contributed by atoms with E-state index in [1.807, 2.05) is 30.3 Å². The van der Waals surface area contributed by atoms with Gasteiger partial charge in [0, 0.05) is 23.7 Å². The third-order valence-electron chi connectivity index (χ3n) is 3.69. The predicted octanol–water partition coefficient (Wildman–Crippen LogP) is 3.19. The van der Waals surface area contributed by atoms with Gasteiger partial charge in [-0.25, -0.2) is 4.98 Å². The fourth-order valence-corrected chi connectivity index (χ4v) is 2.65. The smallest absolute Gasteiger partial charge is 0.219 e. The molecule has 4 heteroatoms. The van der Waals surface area contributed by atoms with Gasteiger partial charge < -0.3 is 9.47 Å². The number of Topliss-reactive ketones (excluding diaryl/α,β-unsaturated/α-hetero) is 1. The monoisotopic (exact) mass is 283 g/mol. The maximum absolute atomic E-state index is 11.9. The normalized spacial score (nSPS) is 13.7. The second-order valence-electron chi connectivity index (χ2n) is 5.02. The number of benzene rings is 1. The molecule has 0 unspecified atom stereocenters. The largest absolute Gasteiger partial charge is 0.488 e. The summed E-state index contributed by atoms with van der Waals surface area (Å²) in [6.45, 7) is 0.377. The number of methoxy groups -OCH3 is 1. The molecule has 3 rings (SSSR count). The van der Waals surface area contributed by atoms with E-state index < -0.39 is 0 Å². The first-order chi connectivity index (χ1) is 10.3. The van der Waals surface area contributed by atoms with E-state index >= 15 is 0 Å². The Labute approximate surface area is 123 Å². The number of carbonyl (C=O) groups is 1. The molecular formula is C17H17NO3. The van der Waals surface area contributed by atoms with Crippen LogP contribution in [0, 0.1) is 0 Å². The van der Waals surface area contributed by atoms with Crippen LogP contribution in [0.2, 0.25) is 0 Å². The summed E-state index contributed by atoms with van der Waals surface area (Å²) in [5.74, 6) is 1.56. The molecule has 2 aromatic rings. The summed E-state index contributed by atoms with van der Waals surface area (Å²) in [5.41, 5.74) is 2.72. The molecule has 21 heavy (non-hydrogen) atoms. The van der Waals surface area contributed by atoms with Crippen LogP contribution in [0.3, 0.4) is 0 Å². The molecular weight excluding hydrogens is 266 g/mol. The highest BCUT2D eigenvalue weighted by molar-refractivity contribution is 5.99. The van der Waals surface area contributed by atoms with Crippen molar-refractivity contribution in [1.29, 1.82) is 0 Å². The van der Waals surface area contributed by atoms with Crippen molar-refractivity contribution in [3.8, 4) is 11.6 Å². The van der Waals surface area contributed by atoms with Crippen molar-refractivity contribution in [2.75, 3.05) is 7.11 Å². The fourth-order valence-electron chi connectivity index (χ4n) is 2.65. The first kappa shape index (κ1) is 13.6. The zero-order chi connectivity index (χ0) is 14.7. The molecule has 1 aromatic heterocycles. The number of fused-ring (bicyclic) bond motifs is 1. The lowest BCUT2D eigenvalue weighted by Gasteiger charge is -2.19. The number of hydrogen-bond acceptors (Lipinski definition) is 4. The van der Waals surface area contributed by atoms with Gasteiger partial charge in [0.25, 0.3) is 0 Å². The van der Waals surface area contributed by atoms with Gasteiger partial charge >= 0.3 is 0 Å². The van der Waals surface area contributed by atoms with E-state index in [2.05, 4.69) is 4.98 Å². The average molecular weight is 283 g/mol. The second-order valence-corrected chi connectivity index (χ2v) is 5.02. The fraction of sp³-hybridized carbons (Fsp3) is 0.294. The molecule has 0 N–H and O–H groups in total. The van der Waals surface area contributed by atoms with Crippen molar-refractivity contribution in [1.82, 2.24) is 4.98 Å². The van der Waals surface area contributed by atoms with Crippen molar-refractivity contribution < 1.29 is 14.3 Å². The zero-order valence-electron chi connectivity index (χ0n) is 12.0. The third-order valence-corrected chi connectivity index (χ3v) is 3.69. The van der Waals surface area contributed by atoms with Crippen LogP contribution in [0.15, 0.2) is 36.5 Å². The van der Waals surface area contributed by atoms with Gasteiger partial charge in [-0.3, -0.25) is 4.79 Å². The molecule has 1 aliphatic rings. The minimum atomic E-state index is 0.209. The molecule has 0 radical (unpaired) electrons. The van der Waals surface area contributed by atoms with Crippen molar-refractivity contribution in [3.63, 3.8) is 0 Å². The van der Waals surface area contributed by atoms with E-state index in [0.717, 1.165) is 35.3 Å². The molecule has 108 valence electrons. The number of pyridine rings is 1. The summed E-state index contributed by atoms with van der Waals surface area (Å²) < 4.78 is 11.1. The Morgan fingerprint density at radius 2 is 2.10 bits per heavy atom. The SMILES string of the molecule is COc1ncccc1COc1cccc2c1CCCC2=O. The van der Waals surface area contributed by atoms with Crippen LogP contribution < -0.4 is 9.47 Å². The number of ketones is 1. The van der Waals surface area contributed by atoms with Gasteiger partial charge in [0.05, 0.1) is 12.7 Å². The Balaban J connectivity index is 1.83. The molecule has 1 heterocycles. The van der Waals surface area contributed by atoms with Crippen molar-refractivity contribution in [2.45, 2.75) is 25.9 Å².